The molecular weight excluding hydrogens is 300 g/mol. The zero-order valence-electron chi connectivity index (χ0n) is 9.42. The van der Waals surface area contributed by atoms with Gasteiger partial charge in [0, 0.05) is 23.8 Å². The number of carbonyl (C=O) groups is 1. The van der Waals surface area contributed by atoms with Crippen molar-refractivity contribution in [3.8, 4) is 0 Å². The molecule has 0 aliphatic carbocycles. The maximum absolute atomic E-state index is 11.8. The first-order chi connectivity index (χ1) is 8.56. The molecule has 0 aliphatic heterocycles. The van der Waals surface area contributed by atoms with Gasteiger partial charge < -0.3 is 5.32 Å². The zero-order valence-corrected chi connectivity index (χ0v) is 11.0. The Morgan fingerprint density at radius 3 is 2.72 bits per heavy atom. The Bertz CT molecular complexity index is 636. The molecule has 2 rings (SSSR count). The van der Waals surface area contributed by atoms with E-state index in [2.05, 4.69) is 31.3 Å². The van der Waals surface area contributed by atoms with E-state index < -0.39 is 5.91 Å². The normalized spacial score (nSPS) is 10.1. The second-order valence-corrected chi connectivity index (χ2v) is 4.41. The first-order valence-corrected chi connectivity index (χ1v) is 5.83. The third-order valence-electron chi connectivity index (χ3n) is 2.16. The van der Waals surface area contributed by atoms with Gasteiger partial charge in [0.15, 0.2) is 0 Å². The lowest BCUT2D eigenvalue weighted by Gasteiger charge is -2.04. The summed E-state index contributed by atoms with van der Waals surface area (Å²) in [5, 5.41) is 6.42. The van der Waals surface area contributed by atoms with Gasteiger partial charge in [-0.1, -0.05) is 0 Å². The number of anilines is 1. The van der Waals surface area contributed by atoms with Gasteiger partial charge in [-0.05, 0) is 34.1 Å². The lowest BCUT2D eigenvalue weighted by molar-refractivity contribution is 0.101. The highest BCUT2D eigenvalue weighted by Crippen LogP contribution is 2.10. The van der Waals surface area contributed by atoms with Crippen molar-refractivity contribution in [2.45, 2.75) is 0 Å². The number of carbonyl (C=O) groups excluding carboxylic acids is 1. The van der Waals surface area contributed by atoms with Crippen molar-refractivity contribution in [1.29, 1.82) is 0 Å². The summed E-state index contributed by atoms with van der Waals surface area (Å²) in [6.45, 7) is 0. The fourth-order valence-corrected chi connectivity index (χ4v) is 1.49. The second-order valence-electron chi connectivity index (χ2n) is 3.50. The maximum Gasteiger partial charge on any atom is 0.277 e. The fourth-order valence-electron chi connectivity index (χ4n) is 1.25. The molecule has 0 atom stereocenters. The lowest BCUT2D eigenvalue weighted by Crippen LogP contribution is -2.23. The van der Waals surface area contributed by atoms with Crippen molar-refractivity contribution < 1.29 is 4.79 Å². The molecule has 0 unspecified atom stereocenters. The molecule has 2 aromatic heterocycles. The van der Waals surface area contributed by atoms with Crippen LogP contribution in [0.25, 0.3) is 0 Å². The van der Waals surface area contributed by atoms with Crippen molar-refractivity contribution >= 4 is 27.7 Å². The predicted octanol–water partition coefficient (Wildman–Crippen LogP) is 1.19. The molecule has 0 radical (unpaired) electrons. The van der Waals surface area contributed by atoms with E-state index in [-0.39, 0.29) is 11.3 Å². The Morgan fingerprint density at radius 2 is 2.11 bits per heavy atom. The van der Waals surface area contributed by atoms with E-state index in [4.69, 9.17) is 0 Å². The van der Waals surface area contributed by atoms with E-state index in [0.29, 0.717) is 5.82 Å². The number of hydrogen-bond donors (Lipinski definition) is 1. The highest BCUT2D eigenvalue weighted by Gasteiger charge is 2.09. The minimum Gasteiger partial charge on any atom is -0.305 e. The number of nitrogens with one attached hydrogen (secondary N) is 1. The summed E-state index contributed by atoms with van der Waals surface area (Å²) in [6, 6.07) is 6.08. The quantitative estimate of drug-likeness (QED) is 0.904. The van der Waals surface area contributed by atoms with Crippen LogP contribution in [-0.2, 0) is 7.05 Å². The van der Waals surface area contributed by atoms with Crippen LogP contribution in [0.5, 0.6) is 0 Å². The number of pyridine rings is 1. The molecule has 2 aromatic rings. The number of rotatable bonds is 2. The van der Waals surface area contributed by atoms with Gasteiger partial charge in [-0.3, -0.25) is 9.59 Å². The smallest absolute Gasteiger partial charge is 0.277 e. The number of aryl methyl sites for hydroxylation is 1. The molecular formula is C11H9BrN4O2. The Balaban J connectivity index is 2.19. The summed E-state index contributed by atoms with van der Waals surface area (Å²) < 4.78 is 1.92. The molecule has 0 fully saturated rings. The van der Waals surface area contributed by atoms with Crippen molar-refractivity contribution in [3.63, 3.8) is 0 Å². The van der Waals surface area contributed by atoms with E-state index in [1.165, 1.54) is 19.2 Å². The third kappa shape index (κ3) is 2.80. The first-order valence-electron chi connectivity index (χ1n) is 5.03. The molecule has 0 aliphatic rings. The van der Waals surface area contributed by atoms with E-state index >= 15 is 0 Å². The van der Waals surface area contributed by atoms with Gasteiger partial charge in [0.05, 0.1) is 0 Å². The summed E-state index contributed by atoms with van der Waals surface area (Å²) in [5.74, 6) is -0.000671. The molecule has 0 saturated carbocycles. The molecule has 0 aromatic carbocycles. The SMILES string of the molecule is Cn1nc(C(=O)Nc2ccc(Br)cn2)ccc1=O. The van der Waals surface area contributed by atoms with Crippen LogP contribution in [-0.4, -0.2) is 20.7 Å². The molecule has 6 nitrogen and oxygen atoms in total. The topological polar surface area (TPSA) is 76.9 Å². The molecule has 1 amide bonds. The average Bonchev–Trinajstić information content (AvgIpc) is 2.35. The first kappa shape index (κ1) is 12.4. The second kappa shape index (κ2) is 5.09. The van der Waals surface area contributed by atoms with Crippen LogP contribution in [0.3, 0.4) is 0 Å². The fraction of sp³-hybridized carbons (Fsp3) is 0.0909. The molecule has 0 bridgehead atoms. The number of aromatic nitrogens is 3. The number of amides is 1. The summed E-state index contributed by atoms with van der Waals surface area (Å²) in [5.41, 5.74) is -0.116. The van der Waals surface area contributed by atoms with Crippen LogP contribution in [0, 0.1) is 0 Å². The van der Waals surface area contributed by atoms with Crippen LogP contribution >= 0.6 is 15.9 Å². The van der Waals surface area contributed by atoms with Gasteiger partial charge in [-0.25, -0.2) is 9.67 Å². The molecule has 92 valence electrons. The van der Waals surface area contributed by atoms with Crippen LogP contribution in [0.1, 0.15) is 10.5 Å². The van der Waals surface area contributed by atoms with Crippen LogP contribution in [0.2, 0.25) is 0 Å². The molecule has 0 saturated heterocycles. The highest BCUT2D eigenvalue weighted by molar-refractivity contribution is 9.10. The number of halogens is 1. The van der Waals surface area contributed by atoms with E-state index in [1.54, 1.807) is 18.3 Å². The van der Waals surface area contributed by atoms with Crippen molar-refractivity contribution in [1.82, 2.24) is 14.8 Å². The largest absolute Gasteiger partial charge is 0.305 e. The summed E-state index contributed by atoms with van der Waals surface area (Å²) in [7, 11) is 1.48. The third-order valence-corrected chi connectivity index (χ3v) is 2.63. The molecule has 18 heavy (non-hydrogen) atoms. The number of hydrogen-bond acceptors (Lipinski definition) is 4. The summed E-state index contributed by atoms with van der Waals surface area (Å²) in [6.07, 6.45) is 1.57. The zero-order chi connectivity index (χ0) is 13.1. The van der Waals surface area contributed by atoms with Crippen molar-refractivity contribution in [3.05, 3.63) is 51.0 Å². The Morgan fingerprint density at radius 1 is 1.33 bits per heavy atom. The van der Waals surface area contributed by atoms with Crippen molar-refractivity contribution in [2.75, 3.05) is 5.32 Å². The molecule has 2 heterocycles. The monoisotopic (exact) mass is 308 g/mol. The van der Waals surface area contributed by atoms with Gasteiger partial charge in [0.25, 0.3) is 11.5 Å². The van der Waals surface area contributed by atoms with Gasteiger partial charge in [-0.15, -0.1) is 0 Å². The van der Waals surface area contributed by atoms with Gasteiger partial charge in [0.2, 0.25) is 0 Å². The summed E-state index contributed by atoms with van der Waals surface area (Å²) in [4.78, 5) is 27.0. The van der Waals surface area contributed by atoms with Crippen LogP contribution in [0.15, 0.2) is 39.7 Å². The Hall–Kier alpha value is -2.02. The Labute approximate surface area is 111 Å². The molecule has 7 heteroatoms. The molecule has 0 spiro atoms. The van der Waals surface area contributed by atoms with Gasteiger partial charge in [0.1, 0.15) is 11.5 Å². The predicted molar refractivity (Wildman–Crippen MR) is 69.4 cm³/mol. The van der Waals surface area contributed by atoms with E-state index in [9.17, 15) is 9.59 Å². The highest BCUT2D eigenvalue weighted by atomic mass is 79.9. The summed E-state index contributed by atoms with van der Waals surface area (Å²) >= 11 is 3.25. The van der Waals surface area contributed by atoms with Crippen molar-refractivity contribution in [2.24, 2.45) is 7.05 Å². The lowest BCUT2D eigenvalue weighted by atomic mass is 10.3. The minimum atomic E-state index is -0.416. The van der Waals surface area contributed by atoms with E-state index in [0.717, 1.165) is 9.15 Å². The van der Waals surface area contributed by atoms with Gasteiger partial charge >= 0.3 is 0 Å². The Kier molecular flexibility index (Phi) is 3.52. The number of nitrogens with zero attached hydrogens (tertiary/aromatic N) is 3. The minimum absolute atomic E-state index is 0.154. The van der Waals surface area contributed by atoms with Crippen LogP contribution in [0.4, 0.5) is 5.82 Å². The van der Waals surface area contributed by atoms with E-state index in [1.807, 2.05) is 0 Å². The standard InChI is InChI=1S/C11H9BrN4O2/c1-16-10(17)5-3-8(15-16)11(18)14-9-4-2-7(12)6-13-9/h2-6H,1H3,(H,13,14,18). The van der Waals surface area contributed by atoms with Gasteiger partial charge in [-0.2, -0.15) is 5.10 Å². The maximum atomic E-state index is 11.8. The average molecular weight is 309 g/mol. The van der Waals surface area contributed by atoms with Crippen LogP contribution < -0.4 is 10.9 Å². The molecule has 1 N–H and O–H groups in total.